The highest BCUT2D eigenvalue weighted by Gasteiger charge is 2.48. The summed E-state index contributed by atoms with van der Waals surface area (Å²) in [6.07, 6.45) is -6.06. The zero-order chi connectivity index (χ0) is 27.7. The molecule has 12 heteroatoms. The Kier molecular flexibility index (Phi) is 9.13. The SMILES string of the molecule is C/C=C1\[C@H](O[C@@H]2O[C@H](CO)[C@@H](O)[C@H](O)[C@H]2O)OC=C2C(=O)OC[C@H](C)[C@@H]3C[C@H](OC(=O)C[C@H]21)[C@H](C)[C@H]3CO. The normalized spacial score (nSPS) is 45.2. The smallest absolute Gasteiger partial charge is 0.337 e. The standard InChI is InChI=1S/C26H38O12/c1-4-13-15-6-20(29)36-18-5-14(16(7-27)12(18)3)11(2)9-34-24(33)17(15)10-35-25(13)38-26-23(32)22(31)21(30)19(8-28)37-26/h4,10-12,14-16,18-19,21-23,25-28,30-32H,5-9H2,1-3H3/b13-4-/t11-,12+,14-,15-,16+,18-,19+,21+,22-,23+,25-,26-/m0/s1. The predicted molar refractivity (Wildman–Crippen MR) is 128 cm³/mol. The maximum Gasteiger partial charge on any atom is 0.337 e. The minimum atomic E-state index is -1.66. The molecular formula is C26H38O12. The molecule has 0 radical (unpaired) electrons. The van der Waals surface area contributed by atoms with Crippen LogP contribution < -0.4 is 0 Å². The number of esters is 2. The van der Waals surface area contributed by atoms with Crippen LogP contribution in [0, 0.1) is 29.6 Å². The van der Waals surface area contributed by atoms with Gasteiger partial charge >= 0.3 is 11.9 Å². The molecule has 0 spiro atoms. The zero-order valence-electron chi connectivity index (χ0n) is 21.7. The number of hydrogen-bond donors (Lipinski definition) is 5. The molecule has 3 fully saturated rings. The van der Waals surface area contributed by atoms with Gasteiger partial charge in [-0.25, -0.2) is 4.79 Å². The second kappa shape index (κ2) is 12.0. The first kappa shape index (κ1) is 28.9. The number of carbonyl (C=O) groups excluding carboxylic acids is 2. The summed E-state index contributed by atoms with van der Waals surface area (Å²) in [5, 5.41) is 50.0. The van der Waals surface area contributed by atoms with E-state index in [1.165, 1.54) is 0 Å². The third-order valence-electron chi connectivity index (χ3n) is 8.43. The molecule has 3 aliphatic heterocycles. The van der Waals surface area contributed by atoms with E-state index in [4.69, 9.17) is 23.7 Å². The molecule has 3 heterocycles. The quantitative estimate of drug-likeness (QED) is 0.224. The molecule has 0 unspecified atom stereocenters. The van der Waals surface area contributed by atoms with Crippen LogP contribution in [-0.4, -0.2) is 100 Å². The molecule has 1 aliphatic carbocycles. The van der Waals surface area contributed by atoms with Crippen LogP contribution in [0.1, 0.15) is 33.6 Å². The molecular weight excluding hydrogens is 504 g/mol. The molecule has 2 bridgehead atoms. The number of aliphatic hydroxyl groups excluding tert-OH is 5. The highest BCUT2D eigenvalue weighted by molar-refractivity contribution is 5.91. The minimum absolute atomic E-state index is 0.0230. The van der Waals surface area contributed by atoms with Gasteiger partial charge in [0, 0.05) is 18.1 Å². The number of fused-ring (bicyclic) bond motifs is 3. The Hall–Kier alpha value is -2.06. The van der Waals surface area contributed by atoms with Gasteiger partial charge in [-0.05, 0) is 37.0 Å². The van der Waals surface area contributed by atoms with Crippen molar-refractivity contribution in [3.05, 3.63) is 23.5 Å². The molecule has 4 aliphatic rings. The van der Waals surface area contributed by atoms with Crippen molar-refractivity contribution in [2.45, 2.75) is 76.7 Å². The third kappa shape index (κ3) is 5.48. The van der Waals surface area contributed by atoms with Crippen LogP contribution in [0.5, 0.6) is 0 Å². The van der Waals surface area contributed by atoms with E-state index < -0.39 is 61.5 Å². The van der Waals surface area contributed by atoms with Crippen molar-refractivity contribution in [3.63, 3.8) is 0 Å². The minimum Gasteiger partial charge on any atom is -0.468 e. The summed E-state index contributed by atoms with van der Waals surface area (Å²) in [6, 6.07) is 0. The van der Waals surface area contributed by atoms with Gasteiger partial charge in [-0.2, -0.15) is 0 Å². The summed E-state index contributed by atoms with van der Waals surface area (Å²) < 4.78 is 28.3. The van der Waals surface area contributed by atoms with Gasteiger partial charge in [0.1, 0.15) is 30.5 Å². The van der Waals surface area contributed by atoms with Crippen LogP contribution in [-0.2, 0) is 33.3 Å². The van der Waals surface area contributed by atoms with Gasteiger partial charge in [-0.3, -0.25) is 4.79 Å². The van der Waals surface area contributed by atoms with Crippen molar-refractivity contribution in [1.82, 2.24) is 0 Å². The summed E-state index contributed by atoms with van der Waals surface area (Å²) in [6.45, 7) is 4.97. The van der Waals surface area contributed by atoms with Crippen molar-refractivity contribution >= 4 is 11.9 Å². The Morgan fingerprint density at radius 2 is 1.82 bits per heavy atom. The van der Waals surface area contributed by atoms with E-state index in [0.717, 1.165) is 6.26 Å². The number of aliphatic hydroxyl groups is 5. The largest absolute Gasteiger partial charge is 0.468 e. The first-order valence-corrected chi connectivity index (χ1v) is 13.1. The Bertz CT molecular complexity index is 931. The third-order valence-corrected chi connectivity index (χ3v) is 8.43. The van der Waals surface area contributed by atoms with Gasteiger partial charge < -0.3 is 49.2 Å². The van der Waals surface area contributed by atoms with Crippen molar-refractivity contribution in [2.75, 3.05) is 19.8 Å². The summed E-state index contributed by atoms with van der Waals surface area (Å²) in [5.41, 5.74) is 0.458. The van der Waals surface area contributed by atoms with E-state index >= 15 is 0 Å². The van der Waals surface area contributed by atoms with Gasteiger partial charge in [-0.1, -0.05) is 19.9 Å². The fourth-order valence-electron chi connectivity index (χ4n) is 6.04. The molecule has 0 aromatic heterocycles. The van der Waals surface area contributed by atoms with E-state index in [9.17, 15) is 35.1 Å². The maximum absolute atomic E-state index is 13.1. The van der Waals surface area contributed by atoms with Gasteiger partial charge in [0.05, 0.1) is 31.5 Å². The molecule has 12 atom stereocenters. The highest BCUT2D eigenvalue weighted by atomic mass is 16.8. The van der Waals surface area contributed by atoms with Crippen LogP contribution in [0.4, 0.5) is 0 Å². The van der Waals surface area contributed by atoms with E-state index in [1.807, 2.05) is 13.8 Å². The lowest BCUT2D eigenvalue weighted by atomic mass is 9.83. The van der Waals surface area contributed by atoms with E-state index in [2.05, 4.69) is 0 Å². The molecule has 38 heavy (non-hydrogen) atoms. The van der Waals surface area contributed by atoms with Crippen molar-refractivity contribution in [3.8, 4) is 0 Å². The Morgan fingerprint density at radius 1 is 1.08 bits per heavy atom. The summed E-state index contributed by atoms with van der Waals surface area (Å²) in [5.74, 6) is -2.24. The number of ether oxygens (including phenoxy) is 5. The summed E-state index contributed by atoms with van der Waals surface area (Å²) >= 11 is 0. The molecule has 1 saturated carbocycles. The van der Waals surface area contributed by atoms with Gasteiger partial charge in [-0.15, -0.1) is 0 Å². The first-order chi connectivity index (χ1) is 18.1. The molecule has 0 amide bonds. The predicted octanol–water partition coefficient (Wildman–Crippen LogP) is -0.635. The van der Waals surface area contributed by atoms with Crippen LogP contribution in [0.25, 0.3) is 0 Å². The lowest BCUT2D eigenvalue weighted by Crippen LogP contribution is -2.60. The molecule has 214 valence electrons. The fourth-order valence-corrected chi connectivity index (χ4v) is 6.04. The molecule has 5 N–H and O–H groups in total. The molecule has 4 rings (SSSR count). The van der Waals surface area contributed by atoms with Crippen LogP contribution in [0.3, 0.4) is 0 Å². The topological polar surface area (TPSA) is 181 Å². The Labute approximate surface area is 220 Å². The van der Waals surface area contributed by atoms with E-state index in [-0.39, 0.29) is 55.0 Å². The van der Waals surface area contributed by atoms with E-state index in [1.54, 1.807) is 13.0 Å². The second-order valence-electron chi connectivity index (χ2n) is 10.6. The number of carbonyl (C=O) groups is 2. The number of rotatable bonds is 4. The molecule has 0 aromatic rings. The van der Waals surface area contributed by atoms with Crippen LogP contribution in [0.15, 0.2) is 23.5 Å². The van der Waals surface area contributed by atoms with Crippen LogP contribution in [0.2, 0.25) is 0 Å². The average Bonchev–Trinajstić information content (AvgIpc) is 3.21. The molecule has 2 saturated heterocycles. The second-order valence-corrected chi connectivity index (χ2v) is 10.6. The van der Waals surface area contributed by atoms with Gasteiger partial charge in [0.2, 0.25) is 6.29 Å². The summed E-state index contributed by atoms with van der Waals surface area (Å²) in [4.78, 5) is 26.2. The lowest BCUT2D eigenvalue weighted by Gasteiger charge is -2.42. The van der Waals surface area contributed by atoms with E-state index in [0.29, 0.717) is 12.0 Å². The van der Waals surface area contributed by atoms with Gasteiger partial charge in [0.25, 0.3) is 0 Å². The highest BCUT2D eigenvalue weighted by Crippen LogP contribution is 2.44. The van der Waals surface area contributed by atoms with Crippen LogP contribution >= 0.6 is 0 Å². The number of cyclic esters (lactones) is 1. The zero-order valence-corrected chi connectivity index (χ0v) is 21.7. The monoisotopic (exact) mass is 542 g/mol. The molecule has 12 nitrogen and oxygen atoms in total. The lowest BCUT2D eigenvalue weighted by molar-refractivity contribution is -0.327. The maximum atomic E-state index is 13.1. The summed E-state index contributed by atoms with van der Waals surface area (Å²) in [7, 11) is 0. The number of hydrogen-bond acceptors (Lipinski definition) is 12. The Balaban J connectivity index is 1.58. The number of allylic oxidation sites excluding steroid dienone is 1. The fraction of sp³-hybridized carbons (Fsp3) is 0.769. The van der Waals surface area contributed by atoms with Gasteiger partial charge in [0.15, 0.2) is 6.29 Å². The average molecular weight is 543 g/mol. The Morgan fingerprint density at radius 3 is 2.47 bits per heavy atom. The van der Waals surface area contributed by atoms with Crippen molar-refractivity contribution < 1.29 is 58.8 Å². The van der Waals surface area contributed by atoms with Crippen molar-refractivity contribution in [1.29, 1.82) is 0 Å². The first-order valence-electron chi connectivity index (χ1n) is 13.1. The molecule has 0 aromatic carbocycles. The van der Waals surface area contributed by atoms with Crippen molar-refractivity contribution in [2.24, 2.45) is 29.6 Å².